The number of rotatable bonds is 8. The summed E-state index contributed by atoms with van der Waals surface area (Å²) >= 11 is 5.75. The van der Waals surface area contributed by atoms with E-state index in [1.54, 1.807) is 24.3 Å². The maximum Gasteiger partial charge on any atom is 0.395 e. The summed E-state index contributed by atoms with van der Waals surface area (Å²) in [6.45, 7) is -0.570. The van der Waals surface area contributed by atoms with Crippen molar-refractivity contribution in [1.82, 2.24) is 0 Å². The zero-order chi connectivity index (χ0) is 18.3. The van der Waals surface area contributed by atoms with Crippen molar-refractivity contribution in [3.8, 4) is 5.75 Å². The van der Waals surface area contributed by atoms with E-state index in [0.717, 1.165) is 5.56 Å². The molecular formula is C19H19ClF4O. The molecule has 0 spiro atoms. The monoisotopic (exact) mass is 374 g/mol. The third kappa shape index (κ3) is 6.24. The fourth-order valence-electron chi connectivity index (χ4n) is 2.63. The minimum absolute atomic E-state index is 0.00519. The lowest BCUT2D eigenvalue weighted by atomic mass is 9.92. The van der Waals surface area contributed by atoms with Gasteiger partial charge in [-0.2, -0.15) is 13.2 Å². The number of halogens is 5. The first-order valence-electron chi connectivity index (χ1n) is 8.00. The molecule has 2 aromatic rings. The molecule has 0 radical (unpaired) electrons. The van der Waals surface area contributed by atoms with E-state index in [9.17, 15) is 17.6 Å². The van der Waals surface area contributed by atoms with Gasteiger partial charge in [0.2, 0.25) is 0 Å². The van der Waals surface area contributed by atoms with Gasteiger partial charge in [0.1, 0.15) is 19.0 Å². The number of aryl methyl sites for hydroxylation is 1. The van der Waals surface area contributed by atoms with Gasteiger partial charge in [-0.1, -0.05) is 35.9 Å². The maximum absolute atomic E-state index is 13.3. The largest absolute Gasteiger partial charge is 0.491 e. The molecule has 136 valence electrons. The Balaban J connectivity index is 1.93. The number of hydrogen-bond donors (Lipinski definition) is 0. The topological polar surface area (TPSA) is 9.23 Å². The first kappa shape index (κ1) is 19.6. The van der Waals surface area contributed by atoms with Gasteiger partial charge in [-0.05, 0) is 54.7 Å². The SMILES string of the molecule is FCCOc1ccc(CCCC(c2ccc(Cl)cc2)C(F)(F)F)cc1. The lowest BCUT2D eigenvalue weighted by Gasteiger charge is -2.21. The Morgan fingerprint density at radius 3 is 2.16 bits per heavy atom. The molecule has 6 heteroatoms. The lowest BCUT2D eigenvalue weighted by Crippen LogP contribution is -2.21. The highest BCUT2D eigenvalue weighted by atomic mass is 35.5. The molecular weight excluding hydrogens is 356 g/mol. The smallest absolute Gasteiger partial charge is 0.395 e. The van der Waals surface area contributed by atoms with Gasteiger partial charge in [0, 0.05) is 5.02 Å². The van der Waals surface area contributed by atoms with Crippen LogP contribution in [0.1, 0.15) is 29.9 Å². The lowest BCUT2D eigenvalue weighted by molar-refractivity contribution is -0.152. The Morgan fingerprint density at radius 2 is 1.60 bits per heavy atom. The van der Waals surface area contributed by atoms with E-state index in [1.807, 2.05) is 0 Å². The summed E-state index contributed by atoms with van der Waals surface area (Å²) in [5.74, 6) is -0.951. The molecule has 2 aromatic carbocycles. The van der Waals surface area contributed by atoms with Gasteiger partial charge >= 0.3 is 6.18 Å². The van der Waals surface area contributed by atoms with Crippen LogP contribution in [0.3, 0.4) is 0 Å². The molecule has 0 fully saturated rings. The molecule has 25 heavy (non-hydrogen) atoms. The quantitative estimate of drug-likeness (QED) is 0.489. The van der Waals surface area contributed by atoms with Gasteiger partial charge in [0.15, 0.2) is 0 Å². The van der Waals surface area contributed by atoms with Gasteiger partial charge < -0.3 is 4.74 Å². The Kier molecular flexibility index (Phi) is 7.12. The van der Waals surface area contributed by atoms with Crippen LogP contribution >= 0.6 is 11.6 Å². The third-order valence-electron chi connectivity index (χ3n) is 3.89. The van der Waals surface area contributed by atoms with Crippen molar-refractivity contribution in [2.45, 2.75) is 31.4 Å². The second-order valence-electron chi connectivity index (χ2n) is 5.72. The average Bonchev–Trinajstić information content (AvgIpc) is 2.58. The van der Waals surface area contributed by atoms with Crippen molar-refractivity contribution in [3.63, 3.8) is 0 Å². The first-order chi connectivity index (χ1) is 11.9. The van der Waals surface area contributed by atoms with Crippen LogP contribution in [0, 0.1) is 0 Å². The van der Waals surface area contributed by atoms with E-state index in [0.29, 0.717) is 23.6 Å². The van der Waals surface area contributed by atoms with E-state index in [4.69, 9.17) is 16.3 Å². The molecule has 0 aliphatic carbocycles. The first-order valence-corrected chi connectivity index (χ1v) is 8.38. The molecule has 0 N–H and O–H groups in total. The maximum atomic E-state index is 13.3. The minimum atomic E-state index is -4.29. The fourth-order valence-corrected chi connectivity index (χ4v) is 2.76. The van der Waals surface area contributed by atoms with Crippen molar-refractivity contribution < 1.29 is 22.3 Å². The van der Waals surface area contributed by atoms with Crippen LogP contribution in [0.5, 0.6) is 5.75 Å². The van der Waals surface area contributed by atoms with E-state index >= 15 is 0 Å². The van der Waals surface area contributed by atoms with Crippen molar-refractivity contribution in [2.24, 2.45) is 0 Å². The summed E-state index contributed by atoms with van der Waals surface area (Å²) in [6.07, 6.45) is -3.36. The predicted molar refractivity (Wildman–Crippen MR) is 91.1 cm³/mol. The summed E-state index contributed by atoms with van der Waals surface area (Å²) in [6, 6.07) is 12.8. The van der Waals surface area contributed by atoms with E-state index < -0.39 is 18.8 Å². The molecule has 0 amide bonds. The molecule has 0 saturated heterocycles. The van der Waals surface area contributed by atoms with Crippen LogP contribution in [0.25, 0.3) is 0 Å². The van der Waals surface area contributed by atoms with Crippen LogP contribution < -0.4 is 4.74 Å². The van der Waals surface area contributed by atoms with Crippen molar-refractivity contribution in [3.05, 3.63) is 64.7 Å². The average molecular weight is 375 g/mol. The van der Waals surface area contributed by atoms with Gasteiger partial charge in [-0.15, -0.1) is 0 Å². The summed E-state index contributed by atoms with van der Waals surface area (Å²) in [5, 5.41) is 0.416. The van der Waals surface area contributed by atoms with Crippen molar-refractivity contribution >= 4 is 11.6 Å². The predicted octanol–water partition coefficient (Wildman–Crippen LogP) is 6.36. The standard InChI is InChI=1S/C19H19ClF4O/c20-16-8-6-15(7-9-16)18(19(22,23)24)3-1-2-14-4-10-17(11-5-14)25-13-12-21/h4-11,18H,1-3,12-13H2. The summed E-state index contributed by atoms with van der Waals surface area (Å²) in [5.41, 5.74) is 1.15. The van der Waals surface area contributed by atoms with E-state index in [2.05, 4.69) is 0 Å². The summed E-state index contributed by atoms with van der Waals surface area (Å²) < 4.78 is 57.1. The summed E-state index contributed by atoms with van der Waals surface area (Å²) in [7, 11) is 0. The number of ether oxygens (including phenoxy) is 1. The van der Waals surface area contributed by atoms with E-state index in [-0.39, 0.29) is 18.6 Å². The molecule has 0 aliphatic heterocycles. The summed E-state index contributed by atoms with van der Waals surface area (Å²) in [4.78, 5) is 0. The number of alkyl halides is 4. The molecule has 0 aromatic heterocycles. The minimum Gasteiger partial charge on any atom is -0.491 e. The number of benzene rings is 2. The third-order valence-corrected chi connectivity index (χ3v) is 4.15. The van der Waals surface area contributed by atoms with Gasteiger partial charge in [-0.3, -0.25) is 0 Å². The zero-order valence-electron chi connectivity index (χ0n) is 13.5. The second kappa shape index (κ2) is 9.09. The molecule has 0 aliphatic rings. The van der Waals surface area contributed by atoms with Crippen LogP contribution in [0.4, 0.5) is 17.6 Å². The Morgan fingerprint density at radius 1 is 0.960 bits per heavy atom. The molecule has 2 rings (SSSR count). The normalized spacial score (nSPS) is 12.8. The van der Waals surface area contributed by atoms with Crippen LogP contribution in [0.2, 0.25) is 5.02 Å². The Bertz CT molecular complexity index is 638. The second-order valence-corrected chi connectivity index (χ2v) is 6.16. The van der Waals surface area contributed by atoms with Crippen molar-refractivity contribution in [1.29, 1.82) is 0 Å². The van der Waals surface area contributed by atoms with Gasteiger partial charge in [-0.25, -0.2) is 4.39 Å². The van der Waals surface area contributed by atoms with Crippen LogP contribution in [-0.4, -0.2) is 19.5 Å². The molecule has 0 bridgehead atoms. The van der Waals surface area contributed by atoms with Crippen LogP contribution in [-0.2, 0) is 6.42 Å². The molecule has 1 unspecified atom stereocenters. The number of hydrogen-bond acceptors (Lipinski definition) is 1. The highest BCUT2D eigenvalue weighted by Gasteiger charge is 2.39. The fraction of sp³-hybridized carbons (Fsp3) is 0.368. The van der Waals surface area contributed by atoms with Crippen molar-refractivity contribution in [2.75, 3.05) is 13.3 Å². The molecule has 0 saturated carbocycles. The molecule has 0 heterocycles. The highest BCUT2D eigenvalue weighted by Crippen LogP contribution is 2.38. The Labute approximate surface area is 149 Å². The Hall–Kier alpha value is -1.75. The van der Waals surface area contributed by atoms with E-state index in [1.165, 1.54) is 24.3 Å². The zero-order valence-corrected chi connectivity index (χ0v) is 14.3. The van der Waals surface area contributed by atoms with Crippen LogP contribution in [0.15, 0.2) is 48.5 Å². The highest BCUT2D eigenvalue weighted by molar-refractivity contribution is 6.30. The van der Waals surface area contributed by atoms with Gasteiger partial charge in [0.25, 0.3) is 0 Å². The molecule has 1 atom stereocenters. The molecule has 1 nitrogen and oxygen atoms in total. The van der Waals surface area contributed by atoms with Gasteiger partial charge in [0.05, 0.1) is 5.92 Å².